The van der Waals surface area contributed by atoms with Crippen LogP contribution in [-0.4, -0.2) is 4.57 Å². The molecule has 0 aliphatic heterocycles. The van der Waals surface area contributed by atoms with Crippen molar-refractivity contribution in [2.45, 2.75) is 40.0 Å². The molecule has 25 heavy (non-hydrogen) atoms. The van der Waals surface area contributed by atoms with Crippen molar-refractivity contribution in [3.05, 3.63) is 78.0 Å². The number of hydrogen-bond donors (Lipinski definition) is 0. The first kappa shape index (κ1) is 17.3. The number of rotatable bonds is 5. The maximum atomic E-state index is 2.40. The average molecular weight is 329 g/mol. The molecular weight excluding hydrogens is 302 g/mol. The van der Waals surface area contributed by atoms with Gasteiger partial charge in [-0.3, -0.25) is 0 Å². The second-order valence-electron chi connectivity index (χ2n) is 6.78. The van der Waals surface area contributed by atoms with Crippen LogP contribution in [0.3, 0.4) is 0 Å². The molecule has 0 unspecified atom stereocenters. The highest BCUT2D eigenvalue weighted by molar-refractivity contribution is 5.87. The van der Waals surface area contributed by atoms with Gasteiger partial charge in [0.1, 0.15) is 0 Å². The normalized spacial score (nSPS) is 11.6. The van der Waals surface area contributed by atoms with Gasteiger partial charge in [-0.15, -0.1) is 0 Å². The molecule has 3 rings (SSSR count). The highest BCUT2D eigenvalue weighted by Gasteiger charge is 2.22. The van der Waals surface area contributed by atoms with E-state index >= 15 is 0 Å². The van der Waals surface area contributed by atoms with Crippen LogP contribution in [0.4, 0.5) is 0 Å². The standard InChI is InChI=1S/C24H27N/c1-5-6-17-25-23(18(2)3)19(4)22(20-13-9-7-10-14-20)24(25)21-15-11-8-12-16-21/h6-18H,5H2,1-4H3/b17-6+. The molecule has 1 heterocycles. The van der Waals surface area contributed by atoms with E-state index in [9.17, 15) is 0 Å². The van der Waals surface area contributed by atoms with Crippen LogP contribution in [0.25, 0.3) is 28.6 Å². The third kappa shape index (κ3) is 3.32. The lowest BCUT2D eigenvalue weighted by Gasteiger charge is -2.13. The fourth-order valence-corrected chi connectivity index (χ4v) is 3.64. The fraction of sp³-hybridized carbons (Fsp3) is 0.250. The Kier molecular flexibility index (Phi) is 5.23. The summed E-state index contributed by atoms with van der Waals surface area (Å²) >= 11 is 0. The smallest absolute Gasteiger partial charge is 0.0606 e. The van der Waals surface area contributed by atoms with Gasteiger partial charge in [0.25, 0.3) is 0 Å². The molecule has 0 fully saturated rings. The minimum Gasteiger partial charge on any atom is -0.319 e. The predicted molar refractivity (Wildman–Crippen MR) is 110 cm³/mol. The largest absolute Gasteiger partial charge is 0.319 e. The van der Waals surface area contributed by atoms with Crippen molar-refractivity contribution in [2.24, 2.45) is 0 Å². The van der Waals surface area contributed by atoms with E-state index in [0.717, 1.165) is 6.42 Å². The molecule has 3 aromatic rings. The lowest BCUT2D eigenvalue weighted by Crippen LogP contribution is -2.00. The first-order valence-corrected chi connectivity index (χ1v) is 9.17. The topological polar surface area (TPSA) is 4.93 Å². The van der Waals surface area contributed by atoms with Crippen molar-refractivity contribution in [2.75, 3.05) is 0 Å². The SMILES string of the molecule is CC/C=C/n1c(-c2ccccc2)c(-c2ccccc2)c(C)c1C(C)C. The van der Waals surface area contributed by atoms with Crippen LogP contribution in [0.5, 0.6) is 0 Å². The summed E-state index contributed by atoms with van der Waals surface area (Å²) < 4.78 is 2.40. The molecule has 1 nitrogen and oxygen atoms in total. The lowest BCUT2D eigenvalue weighted by atomic mass is 9.96. The summed E-state index contributed by atoms with van der Waals surface area (Å²) in [5, 5.41) is 0. The summed E-state index contributed by atoms with van der Waals surface area (Å²) in [5.41, 5.74) is 7.94. The van der Waals surface area contributed by atoms with Crippen molar-refractivity contribution in [1.29, 1.82) is 0 Å². The number of hydrogen-bond acceptors (Lipinski definition) is 0. The van der Waals surface area contributed by atoms with Crippen LogP contribution in [0.15, 0.2) is 66.7 Å². The Labute approximate surface area is 151 Å². The lowest BCUT2D eigenvalue weighted by molar-refractivity contribution is 0.795. The third-order valence-electron chi connectivity index (χ3n) is 4.64. The fourth-order valence-electron chi connectivity index (χ4n) is 3.64. The van der Waals surface area contributed by atoms with Crippen molar-refractivity contribution < 1.29 is 0 Å². The van der Waals surface area contributed by atoms with Crippen molar-refractivity contribution >= 4 is 6.20 Å². The minimum atomic E-state index is 0.460. The van der Waals surface area contributed by atoms with Crippen molar-refractivity contribution in [1.82, 2.24) is 4.57 Å². The second-order valence-corrected chi connectivity index (χ2v) is 6.78. The highest BCUT2D eigenvalue weighted by atomic mass is 15.0. The molecule has 0 aliphatic rings. The summed E-state index contributed by atoms with van der Waals surface area (Å²) in [6.45, 7) is 9.01. The molecule has 0 spiro atoms. The number of nitrogens with zero attached hydrogens (tertiary/aromatic N) is 1. The zero-order chi connectivity index (χ0) is 17.8. The molecule has 0 N–H and O–H groups in total. The van der Waals surface area contributed by atoms with Crippen molar-refractivity contribution in [3.63, 3.8) is 0 Å². The molecule has 128 valence electrons. The van der Waals surface area contributed by atoms with Crippen molar-refractivity contribution in [3.8, 4) is 22.4 Å². The Morgan fingerprint density at radius 3 is 1.96 bits per heavy atom. The molecule has 0 amide bonds. The van der Waals surface area contributed by atoms with Gasteiger partial charge in [-0.25, -0.2) is 0 Å². The van der Waals surface area contributed by atoms with E-state index in [1.165, 1.54) is 33.6 Å². The summed E-state index contributed by atoms with van der Waals surface area (Å²) in [6.07, 6.45) is 5.52. The molecular formula is C24H27N. The Morgan fingerprint density at radius 1 is 0.880 bits per heavy atom. The van der Waals surface area contributed by atoms with E-state index in [1.54, 1.807) is 0 Å². The molecule has 0 saturated heterocycles. The van der Waals surface area contributed by atoms with Gasteiger partial charge in [0.2, 0.25) is 0 Å². The summed E-state index contributed by atoms with van der Waals surface area (Å²) in [4.78, 5) is 0. The first-order valence-electron chi connectivity index (χ1n) is 9.17. The summed E-state index contributed by atoms with van der Waals surface area (Å²) in [7, 11) is 0. The average Bonchev–Trinajstić information content (AvgIpc) is 2.93. The van der Waals surface area contributed by atoms with Gasteiger partial charge in [0, 0.05) is 17.5 Å². The number of allylic oxidation sites excluding steroid dienone is 1. The first-order chi connectivity index (χ1) is 12.1. The van der Waals surface area contributed by atoms with E-state index in [-0.39, 0.29) is 0 Å². The number of aromatic nitrogens is 1. The van der Waals surface area contributed by atoms with E-state index in [0.29, 0.717) is 5.92 Å². The molecule has 0 saturated carbocycles. The van der Waals surface area contributed by atoms with Gasteiger partial charge in [0.15, 0.2) is 0 Å². The van der Waals surface area contributed by atoms with Crippen LogP contribution in [0, 0.1) is 6.92 Å². The Hall–Kier alpha value is -2.54. The zero-order valence-corrected chi connectivity index (χ0v) is 15.7. The molecule has 0 aliphatic carbocycles. The van der Waals surface area contributed by atoms with Crippen LogP contribution in [0.2, 0.25) is 0 Å². The van der Waals surface area contributed by atoms with E-state index < -0.39 is 0 Å². The Balaban J connectivity index is 2.39. The van der Waals surface area contributed by atoms with E-state index in [2.05, 4.69) is 105 Å². The second kappa shape index (κ2) is 7.57. The maximum absolute atomic E-state index is 2.40. The van der Waals surface area contributed by atoms with Gasteiger partial charge in [-0.1, -0.05) is 87.5 Å². The molecule has 0 atom stereocenters. The van der Waals surface area contributed by atoms with Crippen LogP contribution < -0.4 is 0 Å². The highest BCUT2D eigenvalue weighted by Crippen LogP contribution is 2.41. The molecule has 1 heteroatoms. The van der Waals surface area contributed by atoms with Gasteiger partial charge < -0.3 is 4.57 Å². The molecule has 2 aromatic carbocycles. The molecule has 0 bridgehead atoms. The van der Waals surface area contributed by atoms with Gasteiger partial charge in [-0.2, -0.15) is 0 Å². The Bertz CT molecular complexity index is 852. The minimum absolute atomic E-state index is 0.460. The molecule has 1 aromatic heterocycles. The maximum Gasteiger partial charge on any atom is 0.0606 e. The quantitative estimate of drug-likeness (QED) is 0.469. The third-order valence-corrected chi connectivity index (χ3v) is 4.64. The van der Waals surface area contributed by atoms with Crippen LogP contribution in [-0.2, 0) is 0 Å². The van der Waals surface area contributed by atoms with Gasteiger partial charge in [0.05, 0.1) is 5.69 Å². The number of benzene rings is 2. The summed E-state index contributed by atoms with van der Waals surface area (Å²) in [5.74, 6) is 0.460. The summed E-state index contributed by atoms with van der Waals surface area (Å²) in [6, 6.07) is 21.5. The zero-order valence-electron chi connectivity index (χ0n) is 15.7. The Morgan fingerprint density at radius 2 is 1.44 bits per heavy atom. The van der Waals surface area contributed by atoms with Crippen LogP contribution in [0.1, 0.15) is 44.4 Å². The van der Waals surface area contributed by atoms with Gasteiger partial charge in [-0.05, 0) is 36.0 Å². The van der Waals surface area contributed by atoms with Gasteiger partial charge >= 0.3 is 0 Å². The van der Waals surface area contributed by atoms with E-state index in [1.807, 2.05) is 0 Å². The van der Waals surface area contributed by atoms with Crippen LogP contribution >= 0.6 is 0 Å². The monoisotopic (exact) mass is 329 g/mol. The molecule has 0 radical (unpaired) electrons. The van der Waals surface area contributed by atoms with E-state index in [4.69, 9.17) is 0 Å². The predicted octanol–water partition coefficient (Wildman–Crippen LogP) is 7.13.